The minimum atomic E-state index is -0.134. The number of ether oxygens (including phenoxy) is 2. The van der Waals surface area contributed by atoms with E-state index in [1.54, 1.807) is 0 Å². The first kappa shape index (κ1) is 20.3. The Kier molecular flexibility index (Phi) is 7.52. The van der Waals surface area contributed by atoms with Crippen LogP contribution in [0.25, 0.3) is 0 Å². The van der Waals surface area contributed by atoms with E-state index in [-0.39, 0.29) is 12.5 Å². The van der Waals surface area contributed by atoms with E-state index in [0.717, 1.165) is 30.0 Å². The number of rotatable bonds is 10. The first-order chi connectivity index (χ1) is 14.2. The molecule has 0 aliphatic rings. The van der Waals surface area contributed by atoms with Gasteiger partial charge in [-0.1, -0.05) is 43.7 Å². The molecule has 0 radical (unpaired) electrons. The monoisotopic (exact) mass is 390 g/mol. The maximum Gasteiger partial charge on any atom is 0.243 e. The number of para-hydroxylation sites is 3. The molecule has 0 aliphatic heterocycles. The van der Waals surface area contributed by atoms with Crippen molar-refractivity contribution in [3.05, 3.63) is 78.9 Å². The van der Waals surface area contributed by atoms with E-state index < -0.39 is 0 Å². The van der Waals surface area contributed by atoms with E-state index in [9.17, 15) is 4.79 Å². The summed E-state index contributed by atoms with van der Waals surface area (Å²) in [7, 11) is 0. The van der Waals surface area contributed by atoms with Crippen LogP contribution >= 0.6 is 0 Å². The molecule has 0 bridgehead atoms. The Hall–Kier alpha value is -3.47. The molecule has 0 heterocycles. The molecule has 0 fully saturated rings. The van der Waals surface area contributed by atoms with Crippen LogP contribution < -0.4 is 20.1 Å². The molecule has 0 unspecified atom stereocenters. The number of hydrogen-bond donors (Lipinski definition) is 2. The van der Waals surface area contributed by atoms with Gasteiger partial charge in [-0.15, -0.1) is 0 Å². The van der Waals surface area contributed by atoms with E-state index >= 15 is 0 Å². The van der Waals surface area contributed by atoms with Gasteiger partial charge in [-0.3, -0.25) is 4.79 Å². The number of carbonyl (C=O) groups is 1. The zero-order valence-corrected chi connectivity index (χ0v) is 16.6. The summed E-state index contributed by atoms with van der Waals surface area (Å²) in [6.45, 7) is 2.94. The molecule has 5 heteroatoms. The number of amides is 1. The van der Waals surface area contributed by atoms with Gasteiger partial charge in [-0.2, -0.15) is 0 Å². The van der Waals surface area contributed by atoms with Crippen LogP contribution in [0, 0.1) is 0 Å². The molecule has 3 aromatic rings. The van der Waals surface area contributed by atoms with Gasteiger partial charge in [-0.25, -0.2) is 0 Å². The summed E-state index contributed by atoms with van der Waals surface area (Å²) in [6, 6.07) is 24.5. The highest BCUT2D eigenvalue weighted by atomic mass is 16.5. The maximum absolute atomic E-state index is 12.3. The number of unbranched alkanes of at least 4 members (excludes halogenated alkanes) is 1. The lowest BCUT2D eigenvalue weighted by Gasteiger charge is -2.13. The highest BCUT2D eigenvalue weighted by Gasteiger charge is 2.07. The summed E-state index contributed by atoms with van der Waals surface area (Å²) in [5.41, 5.74) is 1.52. The topological polar surface area (TPSA) is 59.6 Å². The average Bonchev–Trinajstić information content (AvgIpc) is 2.75. The molecule has 29 heavy (non-hydrogen) atoms. The first-order valence-corrected chi connectivity index (χ1v) is 9.83. The second-order valence-electron chi connectivity index (χ2n) is 6.54. The molecule has 1 amide bonds. The fourth-order valence-corrected chi connectivity index (χ4v) is 2.68. The molecule has 5 nitrogen and oxygen atoms in total. The van der Waals surface area contributed by atoms with Crippen molar-refractivity contribution in [2.45, 2.75) is 19.8 Å². The molecule has 0 atom stereocenters. The van der Waals surface area contributed by atoms with Gasteiger partial charge in [0, 0.05) is 5.69 Å². The second kappa shape index (κ2) is 10.8. The van der Waals surface area contributed by atoms with Crippen LogP contribution in [0.5, 0.6) is 17.2 Å². The zero-order valence-electron chi connectivity index (χ0n) is 16.6. The van der Waals surface area contributed by atoms with E-state index in [1.165, 1.54) is 0 Å². The third-order valence-electron chi connectivity index (χ3n) is 4.20. The third kappa shape index (κ3) is 6.57. The van der Waals surface area contributed by atoms with Crippen molar-refractivity contribution in [3.8, 4) is 17.2 Å². The number of carbonyl (C=O) groups excluding carboxylic acids is 1. The lowest BCUT2D eigenvalue weighted by Crippen LogP contribution is -2.22. The van der Waals surface area contributed by atoms with Gasteiger partial charge in [-0.05, 0) is 55.0 Å². The molecule has 0 aliphatic carbocycles. The van der Waals surface area contributed by atoms with Crippen LogP contribution in [-0.4, -0.2) is 19.1 Å². The van der Waals surface area contributed by atoms with Gasteiger partial charge in [0.1, 0.15) is 17.2 Å². The summed E-state index contributed by atoms with van der Waals surface area (Å²) < 4.78 is 11.5. The van der Waals surface area contributed by atoms with Crippen molar-refractivity contribution in [1.82, 2.24) is 0 Å². The first-order valence-electron chi connectivity index (χ1n) is 9.83. The molecular weight excluding hydrogens is 364 g/mol. The Morgan fingerprint density at radius 1 is 0.862 bits per heavy atom. The van der Waals surface area contributed by atoms with Crippen LogP contribution in [0.4, 0.5) is 11.4 Å². The molecule has 2 N–H and O–H groups in total. The Morgan fingerprint density at radius 3 is 2.31 bits per heavy atom. The quantitative estimate of drug-likeness (QED) is 0.435. The normalized spacial score (nSPS) is 10.2. The Bertz CT molecular complexity index is 896. The van der Waals surface area contributed by atoms with Gasteiger partial charge >= 0.3 is 0 Å². The zero-order chi connectivity index (χ0) is 20.3. The fourth-order valence-electron chi connectivity index (χ4n) is 2.68. The lowest BCUT2D eigenvalue weighted by molar-refractivity contribution is -0.114. The molecule has 0 saturated heterocycles. The van der Waals surface area contributed by atoms with E-state index in [0.29, 0.717) is 18.0 Å². The lowest BCUT2D eigenvalue weighted by atomic mass is 10.2. The summed E-state index contributed by atoms with van der Waals surface area (Å²) in [6.07, 6.45) is 2.08. The Balaban J connectivity index is 1.50. The van der Waals surface area contributed by atoms with Crippen molar-refractivity contribution < 1.29 is 14.3 Å². The minimum Gasteiger partial charge on any atom is -0.491 e. The van der Waals surface area contributed by atoms with Crippen molar-refractivity contribution in [2.24, 2.45) is 0 Å². The van der Waals surface area contributed by atoms with E-state index in [1.807, 2.05) is 78.9 Å². The van der Waals surface area contributed by atoms with Gasteiger partial charge < -0.3 is 20.1 Å². The predicted octanol–water partition coefficient (Wildman–Crippen LogP) is 5.71. The van der Waals surface area contributed by atoms with Crippen LogP contribution in [0.2, 0.25) is 0 Å². The molecule has 0 spiro atoms. The average molecular weight is 390 g/mol. The van der Waals surface area contributed by atoms with Crippen molar-refractivity contribution in [1.29, 1.82) is 0 Å². The van der Waals surface area contributed by atoms with Gasteiger partial charge in [0.15, 0.2) is 0 Å². The summed E-state index contributed by atoms with van der Waals surface area (Å²) in [5.74, 6) is 2.11. The number of nitrogens with one attached hydrogen (secondary N) is 2. The number of hydrogen-bond acceptors (Lipinski definition) is 4. The molecule has 3 aromatic carbocycles. The summed E-state index contributed by atoms with van der Waals surface area (Å²) in [5, 5.41) is 6.02. The summed E-state index contributed by atoms with van der Waals surface area (Å²) >= 11 is 0. The Morgan fingerprint density at radius 2 is 1.55 bits per heavy atom. The maximum atomic E-state index is 12.3. The van der Waals surface area contributed by atoms with Gasteiger partial charge in [0.05, 0.1) is 18.8 Å². The fraction of sp³-hybridized carbons (Fsp3) is 0.208. The van der Waals surface area contributed by atoms with Crippen molar-refractivity contribution in [2.75, 3.05) is 23.8 Å². The molecule has 150 valence electrons. The van der Waals surface area contributed by atoms with Crippen LogP contribution in [0.15, 0.2) is 78.9 Å². The van der Waals surface area contributed by atoms with Crippen molar-refractivity contribution >= 4 is 17.3 Å². The molecule has 3 rings (SSSR count). The van der Waals surface area contributed by atoms with Gasteiger partial charge in [0.25, 0.3) is 0 Å². The SMILES string of the molecule is CCCCOc1ccccc1NCC(=O)Nc1ccc(Oc2ccccc2)cc1. The van der Waals surface area contributed by atoms with E-state index in [2.05, 4.69) is 17.6 Å². The van der Waals surface area contributed by atoms with Crippen molar-refractivity contribution in [3.63, 3.8) is 0 Å². The van der Waals surface area contributed by atoms with Crippen LogP contribution in [0.1, 0.15) is 19.8 Å². The predicted molar refractivity (Wildman–Crippen MR) is 117 cm³/mol. The third-order valence-corrected chi connectivity index (χ3v) is 4.20. The molecule has 0 aromatic heterocycles. The largest absolute Gasteiger partial charge is 0.491 e. The van der Waals surface area contributed by atoms with Gasteiger partial charge in [0.2, 0.25) is 5.91 Å². The Labute approximate surface area is 171 Å². The minimum absolute atomic E-state index is 0.134. The van der Waals surface area contributed by atoms with Crippen LogP contribution in [-0.2, 0) is 4.79 Å². The van der Waals surface area contributed by atoms with E-state index in [4.69, 9.17) is 9.47 Å². The standard InChI is InChI=1S/C24H26N2O3/c1-2-3-17-28-23-12-8-7-11-22(23)25-18-24(27)26-19-13-15-21(16-14-19)29-20-9-5-4-6-10-20/h4-16,25H,2-3,17-18H2,1H3,(H,26,27). The highest BCUT2D eigenvalue weighted by molar-refractivity contribution is 5.94. The number of anilines is 2. The smallest absolute Gasteiger partial charge is 0.243 e. The second-order valence-corrected chi connectivity index (χ2v) is 6.54. The van der Waals surface area contributed by atoms with Crippen LogP contribution in [0.3, 0.4) is 0 Å². The highest BCUT2D eigenvalue weighted by Crippen LogP contribution is 2.24. The molecular formula is C24H26N2O3. The number of benzene rings is 3. The molecule has 0 saturated carbocycles. The summed E-state index contributed by atoms with van der Waals surface area (Å²) in [4.78, 5) is 12.3.